The Labute approximate surface area is 133 Å². The first-order valence-electron chi connectivity index (χ1n) is 8.06. The number of hydrogen-bond acceptors (Lipinski definition) is 3. The maximum absolute atomic E-state index is 11.8. The van der Waals surface area contributed by atoms with Gasteiger partial charge < -0.3 is 15.8 Å². The van der Waals surface area contributed by atoms with Crippen LogP contribution in [-0.2, 0) is 4.79 Å². The lowest BCUT2D eigenvalue weighted by Gasteiger charge is -2.34. The van der Waals surface area contributed by atoms with Crippen molar-refractivity contribution < 1.29 is 9.53 Å². The second-order valence-electron chi connectivity index (χ2n) is 7.23. The van der Waals surface area contributed by atoms with Gasteiger partial charge in [-0.25, -0.2) is 0 Å². The van der Waals surface area contributed by atoms with Gasteiger partial charge in [0.25, 0.3) is 0 Å². The summed E-state index contributed by atoms with van der Waals surface area (Å²) in [6.07, 6.45) is 1.29. The molecule has 1 aliphatic rings. The van der Waals surface area contributed by atoms with Crippen molar-refractivity contribution in [2.75, 3.05) is 6.61 Å². The van der Waals surface area contributed by atoms with Crippen LogP contribution in [0.15, 0.2) is 12.1 Å². The van der Waals surface area contributed by atoms with Crippen LogP contribution in [0, 0.1) is 12.3 Å². The number of nitrogens with one attached hydrogen (secondary N) is 1. The molecule has 1 heterocycles. The van der Waals surface area contributed by atoms with Crippen molar-refractivity contribution in [1.29, 1.82) is 0 Å². The van der Waals surface area contributed by atoms with E-state index in [1.165, 1.54) is 0 Å². The van der Waals surface area contributed by atoms with Gasteiger partial charge in [-0.3, -0.25) is 4.79 Å². The quantitative estimate of drug-likeness (QED) is 0.899. The summed E-state index contributed by atoms with van der Waals surface area (Å²) in [4.78, 5) is 11.8. The molecule has 0 saturated carbocycles. The molecule has 1 aromatic carbocycles. The zero-order valence-electron chi connectivity index (χ0n) is 14.3. The SMILES string of the molecule is CCC(=O)NC1CCOc2c1cc(C)cc2C(N)C(C)(C)C. The van der Waals surface area contributed by atoms with E-state index >= 15 is 0 Å². The number of ether oxygens (including phenoxy) is 1. The van der Waals surface area contributed by atoms with Crippen LogP contribution >= 0.6 is 0 Å². The van der Waals surface area contributed by atoms with Gasteiger partial charge in [-0.1, -0.05) is 45.4 Å². The summed E-state index contributed by atoms with van der Waals surface area (Å²) < 4.78 is 5.94. The molecule has 0 aliphatic carbocycles. The minimum Gasteiger partial charge on any atom is -0.493 e. The molecule has 4 heteroatoms. The van der Waals surface area contributed by atoms with E-state index in [0.717, 1.165) is 28.9 Å². The monoisotopic (exact) mass is 304 g/mol. The third-order valence-electron chi connectivity index (χ3n) is 4.24. The summed E-state index contributed by atoms with van der Waals surface area (Å²) >= 11 is 0. The van der Waals surface area contributed by atoms with Gasteiger partial charge >= 0.3 is 0 Å². The number of aryl methyl sites for hydroxylation is 1. The van der Waals surface area contributed by atoms with Gasteiger partial charge in [-0.15, -0.1) is 0 Å². The Morgan fingerprint density at radius 2 is 2.14 bits per heavy atom. The molecule has 0 spiro atoms. The van der Waals surface area contributed by atoms with Gasteiger partial charge in [0.05, 0.1) is 12.6 Å². The minimum absolute atomic E-state index is 0.0158. The molecular weight excluding hydrogens is 276 g/mol. The summed E-state index contributed by atoms with van der Waals surface area (Å²) in [5.74, 6) is 0.932. The molecule has 122 valence electrons. The Kier molecular flexibility index (Phi) is 4.81. The largest absolute Gasteiger partial charge is 0.493 e. The van der Waals surface area contributed by atoms with Crippen LogP contribution in [0.1, 0.15) is 69.3 Å². The van der Waals surface area contributed by atoms with E-state index in [0.29, 0.717) is 13.0 Å². The van der Waals surface area contributed by atoms with Crippen molar-refractivity contribution in [2.45, 2.75) is 59.5 Å². The van der Waals surface area contributed by atoms with E-state index in [2.05, 4.69) is 45.1 Å². The number of amides is 1. The van der Waals surface area contributed by atoms with Gasteiger partial charge in [-0.2, -0.15) is 0 Å². The number of carbonyl (C=O) groups excluding carboxylic acids is 1. The predicted octanol–water partition coefficient (Wildman–Crippen LogP) is 3.39. The average Bonchev–Trinajstić information content (AvgIpc) is 2.45. The van der Waals surface area contributed by atoms with Crippen LogP contribution in [0.3, 0.4) is 0 Å². The summed E-state index contributed by atoms with van der Waals surface area (Å²) in [6.45, 7) is 10.9. The fourth-order valence-electron chi connectivity index (χ4n) is 2.83. The summed E-state index contributed by atoms with van der Waals surface area (Å²) in [6, 6.07) is 4.12. The molecule has 0 bridgehead atoms. The van der Waals surface area contributed by atoms with Crippen molar-refractivity contribution in [3.63, 3.8) is 0 Å². The van der Waals surface area contributed by atoms with Crippen LogP contribution in [-0.4, -0.2) is 12.5 Å². The van der Waals surface area contributed by atoms with Crippen molar-refractivity contribution in [2.24, 2.45) is 11.1 Å². The molecule has 0 aromatic heterocycles. The summed E-state index contributed by atoms with van der Waals surface area (Å²) in [5.41, 5.74) is 9.67. The maximum Gasteiger partial charge on any atom is 0.220 e. The van der Waals surface area contributed by atoms with Crippen molar-refractivity contribution in [3.05, 3.63) is 28.8 Å². The smallest absolute Gasteiger partial charge is 0.220 e. The van der Waals surface area contributed by atoms with Crippen LogP contribution in [0.4, 0.5) is 0 Å². The van der Waals surface area contributed by atoms with Crippen LogP contribution in [0.5, 0.6) is 5.75 Å². The van der Waals surface area contributed by atoms with Gasteiger partial charge in [0.2, 0.25) is 5.91 Å². The minimum atomic E-state index is -0.109. The second kappa shape index (κ2) is 6.29. The summed E-state index contributed by atoms with van der Waals surface area (Å²) in [5, 5.41) is 3.10. The van der Waals surface area contributed by atoms with Crippen LogP contribution in [0.2, 0.25) is 0 Å². The Bertz CT molecular complexity index is 561. The highest BCUT2D eigenvalue weighted by molar-refractivity contribution is 5.76. The molecule has 2 atom stereocenters. The number of rotatable bonds is 3. The van der Waals surface area contributed by atoms with Crippen molar-refractivity contribution >= 4 is 5.91 Å². The highest BCUT2D eigenvalue weighted by Gasteiger charge is 2.31. The fourth-order valence-corrected chi connectivity index (χ4v) is 2.83. The molecule has 3 N–H and O–H groups in total. The number of benzene rings is 1. The number of fused-ring (bicyclic) bond motifs is 1. The first-order chi connectivity index (χ1) is 10.2. The van der Waals surface area contributed by atoms with Crippen LogP contribution in [0.25, 0.3) is 0 Å². The molecule has 0 saturated heterocycles. The molecule has 22 heavy (non-hydrogen) atoms. The highest BCUT2D eigenvalue weighted by atomic mass is 16.5. The van der Waals surface area contributed by atoms with E-state index in [9.17, 15) is 4.79 Å². The molecule has 4 nitrogen and oxygen atoms in total. The average molecular weight is 304 g/mol. The number of carbonyl (C=O) groups is 1. The molecule has 2 unspecified atom stereocenters. The van der Waals surface area contributed by atoms with Gasteiger partial charge in [0.15, 0.2) is 0 Å². The van der Waals surface area contributed by atoms with E-state index in [-0.39, 0.29) is 23.4 Å². The lowest BCUT2D eigenvalue weighted by atomic mass is 9.80. The molecule has 1 amide bonds. The fraction of sp³-hybridized carbons (Fsp3) is 0.611. The summed E-state index contributed by atoms with van der Waals surface area (Å²) in [7, 11) is 0. The highest BCUT2D eigenvalue weighted by Crippen LogP contribution is 2.42. The molecular formula is C18H28N2O2. The Morgan fingerprint density at radius 1 is 1.45 bits per heavy atom. The van der Waals surface area contributed by atoms with Gasteiger partial charge in [0.1, 0.15) is 5.75 Å². The standard InChI is InChI=1S/C18H28N2O2/c1-6-15(21)20-14-7-8-22-16-12(14)9-11(2)10-13(16)17(19)18(3,4)5/h9-10,14,17H,6-8,19H2,1-5H3,(H,20,21). The zero-order chi connectivity index (χ0) is 16.5. The third kappa shape index (κ3) is 3.43. The predicted molar refractivity (Wildman–Crippen MR) is 88.8 cm³/mol. The Balaban J connectivity index is 2.46. The Hall–Kier alpha value is -1.55. The van der Waals surface area contributed by atoms with Crippen molar-refractivity contribution in [1.82, 2.24) is 5.32 Å². The van der Waals surface area contributed by atoms with Gasteiger partial charge in [0, 0.05) is 30.0 Å². The molecule has 0 fully saturated rings. The lowest BCUT2D eigenvalue weighted by molar-refractivity contribution is -0.121. The Morgan fingerprint density at radius 3 is 2.73 bits per heavy atom. The van der Waals surface area contributed by atoms with E-state index in [1.807, 2.05) is 6.92 Å². The first kappa shape index (κ1) is 16.8. The first-order valence-corrected chi connectivity index (χ1v) is 8.06. The zero-order valence-corrected chi connectivity index (χ0v) is 14.3. The third-order valence-corrected chi connectivity index (χ3v) is 4.24. The number of nitrogens with two attached hydrogens (primary N) is 1. The molecule has 1 aliphatic heterocycles. The van der Waals surface area contributed by atoms with E-state index in [4.69, 9.17) is 10.5 Å². The molecule has 1 aromatic rings. The molecule has 0 radical (unpaired) electrons. The van der Waals surface area contributed by atoms with Gasteiger partial charge in [-0.05, 0) is 12.3 Å². The van der Waals surface area contributed by atoms with E-state index < -0.39 is 0 Å². The molecule has 2 rings (SSSR count). The maximum atomic E-state index is 11.8. The van der Waals surface area contributed by atoms with Crippen LogP contribution < -0.4 is 15.8 Å². The van der Waals surface area contributed by atoms with Crippen molar-refractivity contribution in [3.8, 4) is 5.75 Å². The number of hydrogen-bond donors (Lipinski definition) is 2. The second-order valence-corrected chi connectivity index (χ2v) is 7.23. The van der Waals surface area contributed by atoms with E-state index in [1.54, 1.807) is 0 Å². The lowest BCUT2D eigenvalue weighted by Crippen LogP contribution is -2.33. The normalized spacial score (nSPS) is 19.1. The topological polar surface area (TPSA) is 64.3 Å².